The molecule has 0 saturated carbocycles. The number of carbonyl (C=O) groups excluding carboxylic acids is 1. The molecule has 1 N–H and O–H groups in total. The number of nitrogens with zero attached hydrogens (tertiary/aromatic N) is 4. The minimum Gasteiger partial charge on any atom is -0.313 e. The molecule has 6 heteroatoms. The molecule has 0 saturated heterocycles. The summed E-state index contributed by atoms with van der Waals surface area (Å²) in [7, 11) is 1.89. The molecule has 21 heavy (non-hydrogen) atoms. The first-order chi connectivity index (χ1) is 10.1. The Morgan fingerprint density at radius 1 is 1.29 bits per heavy atom. The highest BCUT2D eigenvalue weighted by atomic mass is 16.1. The van der Waals surface area contributed by atoms with Gasteiger partial charge in [-0.2, -0.15) is 5.10 Å². The number of amides is 1. The van der Waals surface area contributed by atoms with Crippen LogP contribution in [0.25, 0.3) is 11.0 Å². The van der Waals surface area contributed by atoms with Gasteiger partial charge in [-0.1, -0.05) is 12.1 Å². The lowest BCUT2D eigenvalue weighted by Gasteiger charge is -2.05. The van der Waals surface area contributed by atoms with Crippen molar-refractivity contribution in [2.75, 3.05) is 5.32 Å². The average molecular weight is 283 g/mol. The quantitative estimate of drug-likeness (QED) is 0.797. The van der Waals surface area contributed by atoms with Crippen molar-refractivity contribution in [3.05, 3.63) is 42.2 Å². The number of imidazole rings is 1. The molecule has 6 nitrogen and oxygen atoms in total. The lowest BCUT2D eigenvalue weighted by Crippen LogP contribution is -2.17. The van der Waals surface area contributed by atoms with Gasteiger partial charge in [0.2, 0.25) is 11.9 Å². The van der Waals surface area contributed by atoms with Gasteiger partial charge in [0.05, 0.1) is 16.7 Å². The van der Waals surface area contributed by atoms with Gasteiger partial charge in [-0.15, -0.1) is 0 Å². The number of fused-ring (bicyclic) bond motifs is 1. The molecule has 1 amide bonds. The summed E-state index contributed by atoms with van der Waals surface area (Å²) in [6, 6.07) is 9.71. The van der Waals surface area contributed by atoms with Gasteiger partial charge in [-0.3, -0.25) is 14.8 Å². The Hall–Kier alpha value is -2.63. The lowest BCUT2D eigenvalue weighted by atomic mass is 10.3. The molecule has 0 fully saturated rings. The molecular weight excluding hydrogens is 266 g/mol. The Balaban J connectivity index is 1.67. The maximum Gasteiger partial charge on any atom is 0.228 e. The van der Waals surface area contributed by atoms with Gasteiger partial charge in [-0.25, -0.2) is 4.98 Å². The second-order valence-corrected chi connectivity index (χ2v) is 5.00. The van der Waals surface area contributed by atoms with E-state index < -0.39 is 0 Å². The molecule has 1 aromatic carbocycles. The van der Waals surface area contributed by atoms with E-state index in [4.69, 9.17) is 0 Å². The van der Waals surface area contributed by atoms with Crippen molar-refractivity contribution in [1.29, 1.82) is 0 Å². The second-order valence-electron chi connectivity index (χ2n) is 5.00. The molecule has 0 aliphatic rings. The third-order valence-electron chi connectivity index (χ3n) is 3.38. The van der Waals surface area contributed by atoms with Crippen molar-refractivity contribution in [3.8, 4) is 0 Å². The van der Waals surface area contributed by atoms with E-state index in [1.54, 1.807) is 4.68 Å². The largest absolute Gasteiger partial charge is 0.313 e. The fraction of sp³-hybridized carbons (Fsp3) is 0.267. The summed E-state index contributed by atoms with van der Waals surface area (Å²) >= 11 is 0. The van der Waals surface area contributed by atoms with E-state index in [0.717, 1.165) is 16.7 Å². The van der Waals surface area contributed by atoms with Crippen molar-refractivity contribution in [3.63, 3.8) is 0 Å². The van der Waals surface area contributed by atoms with E-state index in [9.17, 15) is 4.79 Å². The van der Waals surface area contributed by atoms with Gasteiger partial charge in [0, 0.05) is 26.2 Å². The zero-order valence-corrected chi connectivity index (χ0v) is 12.1. The Morgan fingerprint density at radius 2 is 2.10 bits per heavy atom. The van der Waals surface area contributed by atoms with Crippen molar-refractivity contribution >= 4 is 22.9 Å². The zero-order valence-electron chi connectivity index (χ0n) is 12.1. The Morgan fingerprint density at radius 3 is 2.81 bits per heavy atom. The third kappa shape index (κ3) is 2.79. The Bertz CT molecular complexity index is 786. The number of benzene rings is 1. The monoisotopic (exact) mass is 283 g/mol. The molecule has 0 spiro atoms. The Kier molecular flexibility index (Phi) is 3.43. The van der Waals surface area contributed by atoms with Crippen molar-refractivity contribution in [2.45, 2.75) is 19.9 Å². The molecule has 0 atom stereocenters. The van der Waals surface area contributed by atoms with E-state index in [0.29, 0.717) is 18.9 Å². The van der Waals surface area contributed by atoms with Gasteiger partial charge in [-0.05, 0) is 25.1 Å². The molecule has 0 aliphatic heterocycles. The topological polar surface area (TPSA) is 64.7 Å². The van der Waals surface area contributed by atoms with Crippen LogP contribution in [0.2, 0.25) is 0 Å². The summed E-state index contributed by atoms with van der Waals surface area (Å²) in [5.41, 5.74) is 2.82. The SMILES string of the molecule is Cc1ccn(CCC(=O)Nc2nc3ccccc3n2C)n1. The first-order valence-corrected chi connectivity index (χ1v) is 6.85. The van der Waals surface area contributed by atoms with E-state index in [1.165, 1.54) is 0 Å². The predicted molar refractivity (Wildman–Crippen MR) is 80.9 cm³/mol. The highest BCUT2D eigenvalue weighted by Crippen LogP contribution is 2.17. The minimum atomic E-state index is -0.0680. The number of rotatable bonds is 4. The number of nitrogens with one attached hydrogen (secondary N) is 1. The van der Waals surface area contributed by atoms with Crippen LogP contribution in [0.4, 0.5) is 5.95 Å². The zero-order chi connectivity index (χ0) is 14.8. The first-order valence-electron chi connectivity index (χ1n) is 6.85. The lowest BCUT2D eigenvalue weighted by molar-refractivity contribution is -0.116. The summed E-state index contributed by atoms with van der Waals surface area (Å²) in [4.78, 5) is 16.4. The summed E-state index contributed by atoms with van der Waals surface area (Å²) in [5, 5.41) is 7.11. The fourth-order valence-electron chi connectivity index (χ4n) is 2.25. The number of aromatic nitrogens is 4. The van der Waals surface area contributed by atoms with Gasteiger partial charge < -0.3 is 4.57 Å². The van der Waals surface area contributed by atoms with Crippen molar-refractivity contribution in [2.24, 2.45) is 7.05 Å². The molecule has 3 aromatic rings. The van der Waals surface area contributed by atoms with Crippen LogP contribution in [-0.4, -0.2) is 25.2 Å². The summed E-state index contributed by atoms with van der Waals surface area (Å²) in [5.74, 6) is 0.499. The van der Waals surface area contributed by atoms with Gasteiger partial charge in [0.15, 0.2) is 0 Å². The van der Waals surface area contributed by atoms with Gasteiger partial charge in [0.1, 0.15) is 0 Å². The molecule has 3 rings (SSSR count). The molecule has 2 aromatic heterocycles. The fourth-order valence-corrected chi connectivity index (χ4v) is 2.25. The summed E-state index contributed by atoms with van der Waals surface area (Å²) < 4.78 is 3.65. The van der Waals surface area contributed by atoms with Crippen LogP contribution in [0.5, 0.6) is 0 Å². The van der Waals surface area contributed by atoms with Crippen LogP contribution in [0.3, 0.4) is 0 Å². The highest BCUT2D eigenvalue weighted by molar-refractivity contribution is 5.91. The smallest absolute Gasteiger partial charge is 0.228 e. The number of hydrogen-bond acceptors (Lipinski definition) is 3. The number of carbonyl (C=O) groups is 1. The first kappa shape index (κ1) is 13.4. The van der Waals surface area contributed by atoms with Crippen LogP contribution in [0.1, 0.15) is 12.1 Å². The minimum absolute atomic E-state index is 0.0680. The maximum atomic E-state index is 12.0. The number of hydrogen-bond donors (Lipinski definition) is 1. The number of aryl methyl sites for hydroxylation is 3. The molecule has 0 radical (unpaired) electrons. The van der Waals surface area contributed by atoms with Crippen molar-refractivity contribution < 1.29 is 4.79 Å². The predicted octanol–water partition coefficient (Wildman–Crippen LogP) is 2.11. The van der Waals surface area contributed by atoms with E-state index in [1.807, 2.05) is 55.1 Å². The van der Waals surface area contributed by atoms with Gasteiger partial charge >= 0.3 is 0 Å². The van der Waals surface area contributed by atoms with E-state index in [2.05, 4.69) is 15.4 Å². The number of anilines is 1. The molecule has 0 aliphatic carbocycles. The van der Waals surface area contributed by atoms with Crippen LogP contribution in [-0.2, 0) is 18.4 Å². The highest BCUT2D eigenvalue weighted by Gasteiger charge is 2.10. The molecular formula is C15H17N5O. The van der Waals surface area contributed by atoms with Crippen molar-refractivity contribution in [1.82, 2.24) is 19.3 Å². The van der Waals surface area contributed by atoms with Crippen LogP contribution >= 0.6 is 0 Å². The van der Waals surface area contributed by atoms with Crippen LogP contribution in [0, 0.1) is 6.92 Å². The molecule has 0 unspecified atom stereocenters. The standard InChI is InChI=1S/C15H17N5O/c1-11-7-9-20(18-11)10-8-14(21)17-15-16-12-5-3-4-6-13(12)19(15)2/h3-7,9H,8,10H2,1-2H3,(H,16,17,21). The maximum absolute atomic E-state index is 12.0. The van der Waals surface area contributed by atoms with Crippen LogP contribution < -0.4 is 5.32 Å². The second kappa shape index (κ2) is 5.40. The normalized spacial score (nSPS) is 11.0. The molecule has 0 bridgehead atoms. The van der Waals surface area contributed by atoms with E-state index in [-0.39, 0.29) is 5.91 Å². The third-order valence-corrected chi connectivity index (χ3v) is 3.38. The summed E-state index contributed by atoms with van der Waals surface area (Å²) in [6.45, 7) is 2.49. The Labute approximate surface area is 122 Å². The average Bonchev–Trinajstić information content (AvgIpc) is 3.02. The van der Waals surface area contributed by atoms with Gasteiger partial charge in [0.25, 0.3) is 0 Å². The van der Waals surface area contributed by atoms with Crippen LogP contribution in [0.15, 0.2) is 36.5 Å². The molecule has 2 heterocycles. The van der Waals surface area contributed by atoms with E-state index >= 15 is 0 Å². The molecule has 108 valence electrons. The summed E-state index contributed by atoms with van der Waals surface area (Å²) in [6.07, 6.45) is 2.24. The number of para-hydroxylation sites is 2.